The van der Waals surface area contributed by atoms with Crippen molar-refractivity contribution in [2.75, 3.05) is 0 Å². The van der Waals surface area contributed by atoms with E-state index in [1.165, 1.54) is 54.7 Å². The van der Waals surface area contributed by atoms with Gasteiger partial charge in [-0.15, -0.1) is 0 Å². The van der Waals surface area contributed by atoms with Crippen LogP contribution in [-0.4, -0.2) is 0 Å². The molecule has 2 nitrogen and oxygen atoms in total. The Morgan fingerprint density at radius 3 is 2.44 bits per heavy atom. The van der Waals surface area contributed by atoms with Gasteiger partial charge in [0.2, 0.25) is 5.69 Å². The minimum absolute atomic E-state index is 0.220. The highest BCUT2D eigenvalue weighted by Gasteiger charge is 2.31. The lowest BCUT2D eigenvalue weighted by atomic mass is 9.85. The van der Waals surface area contributed by atoms with E-state index in [1.807, 2.05) is 0 Å². The highest BCUT2D eigenvalue weighted by molar-refractivity contribution is 6.13. The van der Waals surface area contributed by atoms with Crippen LogP contribution in [0.3, 0.4) is 0 Å². The molecule has 0 aliphatic carbocycles. The number of aromatic nitrogens is 1. The van der Waals surface area contributed by atoms with E-state index in [4.69, 9.17) is 4.74 Å². The van der Waals surface area contributed by atoms with Gasteiger partial charge < -0.3 is 4.74 Å². The second kappa shape index (κ2) is 6.56. The lowest BCUT2D eigenvalue weighted by Crippen LogP contribution is -2.31. The van der Waals surface area contributed by atoms with E-state index >= 15 is 0 Å². The van der Waals surface area contributed by atoms with Crippen molar-refractivity contribution in [1.29, 1.82) is 0 Å². The second-order valence-electron chi connectivity index (χ2n) is 10.4. The molecule has 158 valence electrons. The molecule has 6 rings (SSSR count). The Balaban J connectivity index is 1.75. The minimum Gasteiger partial charge on any atom is -0.455 e. The molecular formula is C30H28NO+. The third-order valence-electron chi connectivity index (χ3n) is 6.77. The van der Waals surface area contributed by atoms with Crippen LogP contribution in [0.5, 0.6) is 11.5 Å². The van der Waals surface area contributed by atoms with Crippen molar-refractivity contribution >= 4 is 32.3 Å². The Morgan fingerprint density at radius 1 is 0.844 bits per heavy atom. The molecule has 0 saturated heterocycles. The number of nitrogens with zero attached hydrogens (tertiary/aromatic N) is 1. The largest absolute Gasteiger partial charge is 0.455 e. The highest BCUT2D eigenvalue weighted by Crippen LogP contribution is 2.51. The van der Waals surface area contributed by atoms with Crippen LogP contribution in [0.2, 0.25) is 0 Å². The highest BCUT2D eigenvalue weighted by atomic mass is 16.5. The lowest BCUT2D eigenvalue weighted by Gasteiger charge is -2.24. The maximum Gasteiger partial charge on any atom is 0.228 e. The summed E-state index contributed by atoms with van der Waals surface area (Å²) in [6, 6.07) is 22.0. The Kier molecular flexibility index (Phi) is 3.96. The lowest BCUT2D eigenvalue weighted by molar-refractivity contribution is -0.659. The molecule has 1 aliphatic heterocycles. The van der Waals surface area contributed by atoms with Gasteiger partial charge in [0, 0.05) is 11.5 Å². The average molecular weight is 419 g/mol. The molecule has 0 amide bonds. The predicted octanol–water partition coefficient (Wildman–Crippen LogP) is 7.64. The number of ether oxygens (including phenoxy) is 1. The van der Waals surface area contributed by atoms with E-state index in [2.05, 4.69) is 106 Å². The molecule has 0 N–H and O–H groups in total. The van der Waals surface area contributed by atoms with Gasteiger partial charge in [-0.3, -0.25) is 0 Å². The fraction of sp³-hybridized carbons (Fsp3) is 0.233. The maximum atomic E-state index is 6.78. The molecule has 5 aromatic rings. The van der Waals surface area contributed by atoms with Crippen LogP contribution in [0.15, 0.2) is 66.9 Å². The van der Waals surface area contributed by atoms with E-state index in [-0.39, 0.29) is 5.41 Å². The molecule has 2 heteroatoms. The molecule has 0 fully saturated rings. The van der Waals surface area contributed by atoms with E-state index in [0.717, 1.165) is 17.9 Å². The first-order chi connectivity index (χ1) is 15.3. The van der Waals surface area contributed by atoms with E-state index in [9.17, 15) is 0 Å². The number of pyridine rings is 1. The standard InChI is InChI=1S/C30H28NO/c1-18-22-11-7-6-9-19(22)16-25-26(18)28-27-20(13-14-31(28)5)15-24-21(17-30(2,3)4)10-8-12-23(24)29(27)32-25/h6-16H,17H2,1-5H3/q+1. The van der Waals surface area contributed by atoms with Gasteiger partial charge in [0.05, 0.1) is 10.9 Å². The number of benzene rings is 4. The van der Waals surface area contributed by atoms with Crippen LogP contribution >= 0.6 is 0 Å². The molecule has 0 spiro atoms. The topological polar surface area (TPSA) is 13.1 Å². The third kappa shape index (κ3) is 2.75. The van der Waals surface area contributed by atoms with Crippen LogP contribution < -0.4 is 9.30 Å². The van der Waals surface area contributed by atoms with Gasteiger partial charge in [-0.1, -0.05) is 63.2 Å². The summed E-state index contributed by atoms with van der Waals surface area (Å²) in [7, 11) is 2.14. The normalized spacial score (nSPS) is 12.9. The van der Waals surface area contributed by atoms with Crippen LogP contribution in [0, 0.1) is 12.3 Å². The molecule has 0 bridgehead atoms. The fourth-order valence-corrected chi connectivity index (χ4v) is 5.41. The van der Waals surface area contributed by atoms with E-state index in [0.29, 0.717) is 0 Å². The number of fused-ring (bicyclic) bond motifs is 5. The van der Waals surface area contributed by atoms with Gasteiger partial charge in [0.1, 0.15) is 18.5 Å². The van der Waals surface area contributed by atoms with Gasteiger partial charge >= 0.3 is 0 Å². The molecule has 1 aliphatic rings. The van der Waals surface area contributed by atoms with Crippen LogP contribution in [0.1, 0.15) is 31.9 Å². The summed E-state index contributed by atoms with van der Waals surface area (Å²) in [6.07, 6.45) is 3.21. The van der Waals surface area contributed by atoms with Crippen molar-refractivity contribution in [3.63, 3.8) is 0 Å². The zero-order chi connectivity index (χ0) is 22.2. The number of hydrogen-bond acceptors (Lipinski definition) is 1. The monoisotopic (exact) mass is 418 g/mol. The SMILES string of the molecule is Cc1c2c(cc3ccccc13)Oc1c3cccc(CC(C)(C)C)c3cc3cc[n+](C)c-2c13. The molecule has 32 heavy (non-hydrogen) atoms. The van der Waals surface area contributed by atoms with Crippen molar-refractivity contribution in [2.45, 2.75) is 34.1 Å². The third-order valence-corrected chi connectivity index (χ3v) is 6.77. The van der Waals surface area contributed by atoms with Gasteiger partial charge in [0.25, 0.3) is 0 Å². The Bertz CT molecular complexity index is 1570. The first kappa shape index (κ1) is 19.3. The van der Waals surface area contributed by atoms with Crippen LogP contribution in [-0.2, 0) is 13.5 Å². The second-order valence-corrected chi connectivity index (χ2v) is 10.4. The summed E-state index contributed by atoms with van der Waals surface area (Å²) in [5.41, 5.74) is 5.32. The molecule has 1 aromatic heterocycles. The number of hydrogen-bond donors (Lipinski definition) is 0. The quantitative estimate of drug-likeness (QED) is 0.197. The predicted molar refractivity (Wildman–Crippen MR) is 134 cm³/mol. The zero-order valence-electron chi connectivity index (χ0n) is 19.4. The molecule has 2 heterocycles. The summed E-state index contributed by atoms with van der Waals surface area (Å²) in [6.45, 7) is 9.12. The first-order valence-electron chi connectivity index (χ1n) is 11.4. The fourth-order valence-electron chi connectivity index (χ4n) is 5.41. The summed E-state index contributed by atoms with van der Waals surface area (Å²) in [5.74, 6) is 1.94. The molecule has 4 aromatic carbocycles. The number of rotatable bonds is 1. The van der Waals surface area contributed by atoms with Crippen molar-refractivity contribution in [3.05, 3.63) is 78.0 Å². The van der Waals surface area contributed by atoms with Crippen LogP contribution in [0.25, 0.3) is 43.6 Å². The Morgan fingerprint density at radius 2 is 1.62 bits per heavy atom. The summed E-state index contributed by atoms with van der Waals surface area (Å²) in [5, 5.41) is 7.44. The molecular weight excluding hydrogens is 390 g/mol. The maximum absolute atomic E-state index is 6.78. The summed E-state index contributed by atoms with van der Waals surface area (Å²) < 4.78 is 9.03. The molecule has 0 atom stereocenters. The van der Waals surface area contributed by atoms with Crippen molar-refractivity contribution in [3.8, 4) is 22.8 Å². The first-order valence-corrected chi connectivity index (χ1v) is 11.4. The van der Waals surface area contributed by atoms with Crippen molar-refractivity contribution in [1.82, 2.24) is 0 Å². The summed E-state index contributed by atoms with van der Waals surface area (Å²) in [4.78, 5) is 0. The Hall–Kier alpha value is -3.39. The number of aryl methyl sites for hydroxylation is 2. The molecule has 0 radical (unpaired) electrons. The van der Waals surface area contributed by atoms with Gasteiger partial charge in [-0.05, 0) is 63.6 Å². The van der Waals surface area contributed by atoms with Crippen molar-refractivity contribution in [2.24, 2.45) is 12.5 Å². The van der Waals surface area contributed by atoms with Crippen molar-refractivity contribution < 1.29 is 9.30 Å². The van der Waals surface area contributed by atoms with Gasteiger partial charge in [-0.25, -0.2) is 4.57 Å². The molecule has 0 unspecified atom stereocenters. The summed E-state index contributed by atoms with van der Waals surface area (Å²) >= 11 is 0. The Labute approximate surface area is 189 Å². The minimum atomic E-state index is 0.220. The van der Waals surface area contributed by atoms with E-state index < -0.39 is 0 Å². The van der Waals surface area contributed by atoms with Crippen LogP contribution in [0.4, 0.5) is 0 Å². The smallest absolute Gasteiger partial charge is 0.228 e. The zero-order valence-corrected chi connectivity index (χ0v) is 19.4. The van der Waals surface area contributed by atoms with Gasteiger partial charge in [0.15, 0.2) is 6.20 Å². The van der Waals surface area contributed by atoms with Gasteiger partial charge in [-0.2, -0.15) is 0 Å². The van der Waals surface area contributed by atoms with E-state index in [1.54, 1.807) is 0 Å². The average Bonchev–Trinajstić information content (AvgIpc) is 2.75. The molecule has 0 saturated carbocycles.